The lowest BCUT2D eigenvalue weighted by Crippen LogP contribution is -2.22. The van der Waals surface area contributed by atoms with Crippen LogP contribution in [-0.2, 0) is 11.2 Å². The monoisotopic (exact) mass is 548 g/mol. The van der Waals surface area contributed by atoms with Crippen molar-refractivity contribution >= 4 is 28.7 Å². The highest BCUT2D eigenvalue weighted by Crippen LogP contribution is 2.43. The number of hydrogen-bond donors (Lipinski definition) is 2. The van der Waals surface area contributed by atoms with E-state index in [9.17, 15) is 14.3 Å². The van der Waals surface area contributed by atoms with E-state index in [1.807, 2.05) is 43.3 Å². The summed E-state index contributed by atoms with van der Waals surface area (Å²) in [5.74, 6) is 0.514. The molecule has 0 atom stereocenters. The van der Waals surface area contributed by atoms with Gasteiger partial charge in [-0.25, -0.2) is 4.39 Å². The van der Waals surface area contributed by atoms with Crippen molar-refractivity contribution < 1.29 is 19.0 Å². The molecular formula is C32H34ClFN2O3. The van der Waals surface area contributed by atoms with E-state index in [4.69, 9.17) is 16.3 Å². The van der Waals surface area contributed by atoms with E-state index in [-0.39, 0.29) is 17.5 Å². The lowest BCUT2D eigenvalue weighted by Gasteiger charge is -2.19. The molecule has 7 heteroatoms. The zero-order valence-corrected chi connectivity index (χ0v) is 23.3. The van der Waals surface area contributed by atoms with Crippen LogP contribution in [-0.4, -0.2) is 49.7 Å². The Hall–Kier alpha value is -3.61. The summed E-state index contributed by atoms with van der Waals surface area (Å²) < 4.78 is 19.9. The molecule has 0 aromatic heterocycles. The summed E-state index contributed by atoms with van der Waals surface area (Å²) in [6.45, 7) is 3.50. The average molecular weight is 549 g/mol. The Morgan fingerprint density at radius 2 is 1.90 bits per heavy atom. The zero-order chi connectivity index (χ0) is 27.9. The highest BCUT2D eigenvalue weighted by molar-refractivity contribution is 6.32. The summed E-state index contributed by atoms with van der Waals surface area (Å²) in [6.07, 6.45) is 5.87. The predicted octanol–water partition coefficient (Wildman–Crippen LogP) is 6.40. The molecule has 204 valence electrons. The second-order valence-electron chi connectivity index (χ2n) is 9.84. The van der Waals surface area contributed by atoms with E-state index in [0.29, 0.717) is 30.5 Å². The summed E-state index contributed by atoms with van der Waals surface area (Å²) in [6, 6.07) is 16.2. The molecule has 1 aliphatic carbocycles. The fourth-order valence-corrected chi connectivity index (χ4v) is 5.07. The number of carbonyl (C=O) groups is 1. The molecule has 3 aromatic carbocycles. The Morgan fingerprint density at radius 3 is 2.64 bits per heavy atom. The van der Waals surface area contributed by atoms with Crippen LogP contribution in [0.1, 0.15) is 40.7 Å². The van der Waals surface area contributed by atoms with Crippen LogP contribution in [0.5, 0.6) is 11.5 Å². The molecule has 0 saturated carbocycles. The number of likely N-dealkylation sites (N-methyl/N-ethyl adjacent to an activating group) is 1. The molecule has 0 saturated heterocycles. The third-order valence-electron chi connectivity index (χ3n) is 6.77. The maximum atomic E-state index is 13.9. The van der Waals surface area contributed by atoms with E-state index < -0.39 is 0 Å². The summed E-state index contributed by atoms with van der Waals surface area (Å²) in [4.78, 5) is 13.1. The number of nitrogens with one attached hydrogen (secondary N) is 1. The number of phenolic OH excluding ortho intramolecular Hbond substituents is 1. The first-order valence-electron chi connectivity index (χ1n) is 13.1. The first kappa shape index (κ1) is 28.4. The number of halogens is 2. The number of rotatable bonds is 9. The molecule has 4 rings (SSSR count). The number of phenols is 1. The maximum absolute atomic E-state index is 13.9. The standard InChI is InChI=1S/C32H34ClFN2O3/c1-21-18-24(34)10-12-26(21)28-7-4-6-22-19-25(37)11-13-27(22)32(28)23-9-14-30(29(33)20-23)39-17-16-35-15-5-8-31(38)36(2)3/h5,8-14,18-20,35,37H,4,6-7,15-17H2,1-3H3/b8-5+. The topological polar surface area (TPSA) is 61.8 Å². The number of carbonyl (C=O) groups excluding carboxylic acids is 1. The predicted molar refractivity (Wildman–Crippen MR) is 156 cm³/mol. The van der Waals surface area contributed by atoms with Gasteiger partial charge in [0.2, 0.25) is 5.91 Å². The largest absolute Gasteiger partial charge is 0.508 e. The van der Waals surface area contributed by atoms with E-state index in [1.54, 1.807) is 32.3 Å². The SMILES string of the molecule is Cc1cc(F)ccc1C1=C(c2ccc(OCCNC/C=C/C(=O)N(C)C)c(Cl)c2)c2ccc(O)cc2CCC1. The molecule has 2 N–H and O–H groups in total. The fourth-order valence-electron chi connectivity index (χ4n) is 4.84. The number of fused-ring (bicyclic) bond motifs is 1. The number of nitrogens with zero attached hydrogens (tertiary/aromatic N) is 1. The van der Waals surface area contributed by atoms with Crippen LogP contribution >= 0.6 is 11.6 Å². The second kappa shape index (κ2) is 13.0. The van der Waals surface area contributed by atoms with E-state index in [1.165, 1.54) is 17.0 Å². The molecular weight excluding hydrogens is 515 g/mol. The number of ether oxygens (including phenoxy) is 1. The number of benzene rings is 3. The molecule has 5 nitrogen and oxygen atoms in total. The normalized spacial score (nSPS) is 13.4. The average Bonchev–Trinajstić information content (AvgIpc) is 3.07. The van der Waals surface area contributed by atoms with Gasteiger partial charge in [0.15, 0.2) is 0 Å². The van der Waals surface area contributed by atoms with Crippen molar-refractivity contribution in [3.63, 3.8) is 0 Å². The Balaban J connectivity index is 1.58. The van der Waals surface area contributed by atoms with Crippen molar-refractivity contribution in [1.82, 2.24) is 10.2 Å². The number of hydrogen-bond acceptors (Lipinski definition) is 4. The van der Waals surface area contributed by atoms with Crippen molar-refractivity contribution in [2.24, 2.45) is 0 Å². The zero-order valence-electron chi connectivity index (χ0n) is 22.6. The van der Waals surface area contributed by atoms with Crippen molar-refractivity contribution in [3.8, 4) is 11.5 Å². The number of aromatic hydroxyl groups is 1. The Kier molecular flexibility index (Phi) is 9.44. The molecule has 1 aliphatic rings. The third kappa shape index (κ3) is 7.08. The smallest absolute Gasteiger partial charge is 0.245 e. The molecule has 0 bridgehead atoms. The van der Waals surface area contributed by atoms with E-state index in [2.05, 4.69) is 5.32 Å². The first-order valence-corrected chi connectivity index (χ1v) is 13.5. The summed E-state index contributed by atoms with van der Waals surface area (Å²) in [5, 5.41) is 13.9. The summed E-state index contributed by atoms with van der Waals surface area (Å²) in [7, 11) is 3.42. The van der Waals surface area contributed by atoms with Gasteiger partial charge < -0.3 is 20.1 Å². The van der Waals surface area contributed by atoms with Crippen LogP contribution in [0, 0.1) is 12.7 Å². The minimum Gasteiger partial charge on any atom is -0.508 e. The Bertz CT molecular complexity index is 1410. The van der Waals surface area contributed by atoms with Crippen LogP contribution in [0.4, 0.5) is 4.39 Å². The summed E-state index contributed by atoms with van der Waals surface area (Å²) >= 11 is 6.70. The van der Waals surface area contributed by atoms with Gasteiger partial charge in [0, 0.05) is 33.3 Å². The van der Waals surface area contributed by atoms with E-state index >= 15 is 0 Å². The molecule has 0 aliphatic heterocycles. The van der Waals surface area contributed by atoms with Gasteiger partial charge >= 0.3 is 0 Å². The number of allylic oxidation sites excluding steroid dienone is 1. The van der Waals surface area contributed by atoms with Crippen LogP contribution in [0.15, 0.2) is 66.7 Å². The molecule has 0 radical (unpaired) electrons. The molecule has 0 spiro atoms. The van der Waals surface area contributed by atoms with Gasteiger partial charge in [0.1, 0.15) is 23.9 Å². The van der Waals surface area contributed by atoms with Gasteiger partial charge in [-0.15, -0.1) is 0 Å². The van der Waals surface area contributed by atoms with Crippen LogP contribution in [0.25, 0.3) is 11.1 Å². The minimum absolute atomic E-state index is 0.0547. The Labute approximate surface area is 234 Å². The van der Waals surface area contributed by atoms with Gasteiger partial charge in [0.05, 0.1) is 5.02 Å². The minimum atomic E-state index is -0.255. The van der Waals surface area contributed by atoms with E-state index in [0.717, 1.165) is 58.2 Å². The van der Waals surface area contributed by atoms with Gasteiger partial charge in [-0.05, 0) is 102 Å². The van der Waals surface area contributed by atoms with Crippen LogP contribution in [0.3, 0.4) is 0 Å². The summed E-state index contributed by atoms with van der Waals surface area (Å²) in [5.41, 5.74) is 7.11. The molecule has 39 heavy (non-hydrogen) atoms. The fraction of sp³-hybridized carbons (Fsp3) is 0.281. The first-order chi connectivity index (χ1) is 18.7. The van der Waals surface area contributed by atoms with Gasteiger partial charge in [-0.1, -0.05) is 35.9 Å². The van der Waals surface area contributed by atoms with Crippen LogP contribution in [0.2, 0.25) is 5.02 Å². The highest BCUT2D eigenvalue weighted by Gasteiger charge is 2.22. The number of amides is 1. The molecule has 1 amide bonds. The number of aryl methyl sites for hydroxylation is 2. The maximum Gasteiger partial charge on any atom is 0.245 e. The second-order valence-corrected chi connectivity index (χ2v) is 10.2. The van der Waals surface area contributed by atoms with Gasteiger partial charge in [0.25, 0.3) is 0 Å². The molecule has 3 aromatic rings. The quantitative estimate of drug-likeness (QED) is 0.240. The van der Waals surface area contributed by atoms with Crippen molar-refractivity contribution in [2.75, 3.05) is 33.8 Å². The Morgan fingerprint density at radius 1 is 1.10 bits per heavy atom. The molecule has 0 heterocycles. The lowest BCUT2D eigenvalue weighted by atomic mass is 9.86. The van der Waals surface area contributed by atoms with Crippen molar-refractivity contribution in [1.29, 1.82) is 0 Å². The van der Waals surface area contributed by atoms with Crippen LogP contribution < -0.4 is 10.1 Å². The molecule has 0 unspecified atom stereocenters. The van der Waals surface area contributed by atoms with Crippen molar-refractivity contribution in [3.05, 3.63) is 105 Å². The van der Waals surface area contributed by atoms with Gasteiger partial charge in [-0.3, -0.25) is 4.79 Å². The lowest BCUT2D eigenvalue weighted by molar-refractivity contribution is -0.123. The highest BCUT2D eigenvalue weighted by atomic mass is 35.5. The third-order valence-corrected chi connectivity index (χ3v) is 7.06. The van der Waals surface area contributed by atoms with Crippen molar-refractivity contribution in [2.45, 2.75) is 26.2 Å². The molecule has 0 fully saturated rings. The van der Waals surface area contributed by atoms with Gasteiger partial charge in [-0.2, -0.15) is 0 Å².